The van der Waals surface area contributed by atoms with Gasteiger partial charge >= 0.3 is 0 Å². The summed E-state index contributed by atoms with van der Waals surface area (Å²) < 4.78 is 13.5. The number of anilines is 2. The summed E-state index contributed by atoms with van der Waals surface area (Å²) in [6, 6.07) is 9.62. The summed E-state index contributed by atoms with van der Waals surface area (Å²) >= 11 is 5.97. The first-order chi connectivity index (χ1) is 9.88. The Labute approximate surface area is 128 Å². The number of rotatable bonds is 3. The molecular weight excluding hydrogens is 291 g/mol. The highest BCUT2D eigenvalue weighted by Gasteiger charge is 2.12. The Morgan fingerprint density at radius 2 is 1.90 bits per heavy atom. The summed E-state index contributed by atoms with van der Waals surface area (Å²) in [5.74, 6) is -0.777. The highest BCUT2D eigenvalue weighted by Crippen LogP contribution is 2.28. The van der Waals surface area contributed by atoms with Crippen LogP contribution in [0.25, 0.3) is 0 Å². The highest BCUT2D eigenvalue weighted by atomic mass is 35.5. The van der Waals surface area contributed by atoms with Crippen LogP contribution >= 0.6 is 11.6 Å². The number of hydrogen-bond acceptors (Lipinski definition) is 2. The van der Waals surface area contributed by atoms with E-state index >= 15 is 0 Å². The predicted molar refractivity (Wildman–Crippen MR) is 84.9 cm³/mol. The molecule has 2 rings (SSSR count). The van der Waals surface area contributed by atoms with Crippen LogP contribution < -0.4 is 10.2 Å². The average Bonchev–Trinajstić information content (AvgIpc) is 2.41. The van der Waals surface area contributed by atoms with Gasteiger partial charge in [-0.05, 0) is 42.8 Å². The number of nitrogens with one attached hydrogen (secondary N) is 1. The molecule has 1 N–H and O–H groups in total. The molecule has 0 aliphatic heterocycles. The quantitative estimate of drug-likeness (QED) is 0.925. The molecule has 2 aromatic carbocycles. The van der Waals surface area contributed by atoms with Gasteiger partial charge in [0.2, 0.25) is 0 Å². The largest absolute Gasteiger partial charge is 0.376 e. The molecule has 5 heteroatoms. The summed E-state index contributed by atoms with van der Waals surface area (Å²) in [5, 5.41) is 3.28. The van der Waals surface area contributed by atoms with Crippen molar-refractivity contribution in [1.29, 1.82) is 0 Å². The zero-order chi connectivity index (χ0) is 15.6. The van der Waals surface area contributed by atoms with E-state index in [1.807, 2.05) is 25.1 Å². The van der Waals surface area contributed by atoms with E-state index in [9.17, 15) is 9.18 Å². The zero-order valence-electron chi connectivity index (χ0n) is 12.1. The van der Waals surface area contributed by atoms with Gasteiger partial charge in [0.15, 0.2) is 0 Å². The average molecular weight is 307 g/mol. The lowest BCUT2D eigenvalue weighted by molar-refractivity contribution is 0.102. The van der Waals surface area contributed by atoms with Crippen molar-refractivity contribution in [3.05, 3.63) is 58.4 Å². The van der Waals surface area contributed by atoms with Crippen LogP contribution in [-0.2, 0) is 0 Å². The molecule has 0 saturated carbocycles. The van der Waals surface area contributed by atoms with Gasteiger partial charge in [-0.3, -0.25) is 4.79 Å². The minimum atomic E-state index is -0.401. The normalized spacial score (nSPS) is 10.3. The number of carbonyl (C=O) groups is 1. The monoisotopic (exact) mass is 306 g/mol. The first-order valence-corrected chi connectivity index (χ1v) is 6.80. The number of aryl methyl sites for hydroxylation is 1. The highest BCUT2D eigenvalue weighted by molar-refractivity contribution is 6.31. The molecule has 21 heavy (non-hydrogen) atoms. The van der Waals surface area contributed by atoms with Crippen LogP contribution in [0.4, 0.5) is 15.8 Å². The van der Waals surface area contributed by atoms with E-state index in [2.05, 4.69) is 5.32 Å². The fraction of sp³-hybridized carbons (Fsp3) is 0.188. The lowest BCUT2D eigenvalue weighted by atomic mass is 10.1. The van der Waals surface area contributed by atoms with E-state index in [-0.39, 0.29) is 11.5 Å². The first-order valence-electron chi connectivity index (χ1n) is 6.43. The van der Waals surface area contributed by atoms with Crippen LogP contribution in [0, 0.1) is 12.7 Å². The van der Waals surface area contributed by atoms with Crippen molar-refractivity contribution >= 4 is 28.9 Å². The fourth-order valence-electron chi connectivity index (χ4n) is 1.93. The van der Waals surface area contributed by atoms with E-state index < -0.39 is 5.82 Å². The number of amides is 1. The molecule has 0 aromatic heterocycles. The summed E-state index contributed by atoms with van der Waals surface area (Å²) in [4.78, 5) is 14.1. The van der Waals surface area contributed by atoms with Crippen molar-refractivity contribution in [2.45, 2.75) is 6.92 Å². The van der Waals surface area contributed by atoms with E-state index in [1.165, 1.54) is 6.07 Å². The van der Waals surface area contributed by atoms with Crippen LogP contribution in [0.2, 0.25) is 5.02 Å². The molecule has 0 spiro atoms. The SMILES string of the molecule is Cc1ccc(C(=O)Nc2cc(Cl)ccc2N(C)C)cc1F. The smallest absolute Gasteiger partial charge is 0.255 e. The van der Waals surface area contributed by atoms with Crippen LogP contribution in [-0.4, -0.2) is 20.0 Å². The Bertz CT molecular complexity index is 686. The summed E-state index contributed by atoms with van der Waals surface area (Å²) in [7, 11) is 3.73. The van der Waals surface area contributed by atoms with E-state index in [0.29, 0.717) is 16.3 Å². The molecular formula is C16H16ClFN2O. The number of benzene rings is 2. The molecule has 110 valence electrons. The third-order valence-corrected chi connectivity index (χ3v) is 3.36. The van der Waals surface area contributed by atoms with Crippen molar-refractivity contribution < 1.29 is 9.18 Å². The maximum Gasteiger partial charge on any atom is 0.255 e. The van der Waals surface area contributed by atoms with E-state index in [0.717, 1.165) is 5.69 Å². The van der Waals surface area contributed by atoms with Crippen molar-refractivity contribution in [3.63, 3.8) is 0 Å². The van der Waals surface area contributed by atoms with Gasteiger partial charge in [-0.15, -0.1) is 0 Å². The van der Waals surface area contributed by atoms with Gasteiger partial charge < -0.3 is 10.2 Å². The van der Waals surface area contributed by atoms with Crippen molar-refractivity contribution in [2.75, 3.05) is 24.3 Å². The molecule has 0 atom stereocenters. The molecule has 0 saturated heterocycles. The molecule has 0 aliphatic carbocycles. The van der Waals surface area contributed by atoms with Crippen LogP contribution in [0.5, 0.6) is 0 Å². The standard InChI is InChI=1S/C16H16ClFN2O/c1-10-4-5-11(8-13(10)18)16(21)19-14-9-12(17)6-7-15(14)20(2)3/h4-9H,1-3H3,(H,19,21). The lowest BCUT2D eigenvalue weighted by Crippen LogP contribution is -2.17. The predicted octanol–water partition coefficient (Wildman–Crippen LogP) is 4.11. The molecule has 0 radical (unpaired) electrons. The molecule has 3 nitrogen and oxygen atoms in total. The topological polar surface area (TPSA) is 32.3 Å². The van der Waals surface area contributed by atoms with Gasteiger partial charge in [0.25, 0.3) is 5.91 Å². The third-order valence-electron chi connectivity index (χ3n) is 3.12. The van der Waals surface area contributed by atoms with Gasteiger partial charge in [0.1, 0.15) is 5.82 Å². The summed E-state index contributed by atoms with van der Waals surface area (Å²) in [6.45, 7) is 1.65. The van der Waals surface area contributed by atoms with Gasteiger partial charge in [0, 0.05) is 24.7 Å². The maximum absolute atomic E-state index is 13.5. The second kappa shape index (κ2) is 6.14. The molecule has 0 aliphatic rings. The second-order valence-corrected chi connectivity index (χ2v) is 5.41. The zero-order valence-corrected chi connectivity index (χ0v) is 12.8. The van der Waals surface area contributed by atoms with Crippen molar-refractivity contribution in [2.24, 2.45) is 0 Å². The second-order valence-electron chi connectivity index (χ2n) is 4.97. The van der Waals surface area contributed by atoms with Gasteiger partial charge in [0.05, 0.1) is 11.4 Å². The van der Waals surface area contributed by atoms with E-state index in [4.69, 9.17) is 11.6 Å². The van der Waals surface area contributed by atoms with Gasteiger partial charge in [-0.1, -0.05) is 17.7 Å². The van der Waals surface area contributed by atoms with Crippen LogP contribution in [0.3, 0.4) is 0 Å². The molecule has 0 fully saturated rings. The Morgan fingerprint density at radius 3 is 2.52 bits per heavy atom. The molecule has 2 aromatic rings. The number of carbonyl (C=O) groups excluding carboxylic acids is 1. The fourth-order valence-corrected chi connectivity index (χ4v) is 2.10. The van der Waals surface area contributed by atoms with E-state index in [1.54, 1.807) is 31.2 Å². The van der Waals surface area contributed by atoms with Crippen molar-refractivity contribution in [1.82, 2.24) is 0 Å². The third kappa shape index (κ3) is 3.52. The maximum atomic E-state index is 13.5. The molecule has 0 bridgehead atoms. The number of halogens is 2. The summed E-state index contributed by atoms with van der Waals surface area (Å²) in [6.07, 6.45) is 0. The lowest BCUT2D eigenvalue weighted by Gasteiger charge is -2.18. The molecule has 1 amide bonds. The minimum Gasteiger partial charge on any atom is -0.376 e. The first kappa shape index (κ1) is 15.3. The Kier molecular flexibility index (Phi) is 4.48. The minimum absolute atomic E-state index is 0.266. The van der Waals surface area contributed by atoms with Gasteiger partial charge in [-0.25, -0.2) is 4.39 Å². The molecule has 0 unspecified atom stereocenters. The van der Waals surface area contributed by atoms with Crippen LogP contribution in [0.1, 0.15) is 15.9 Å². The Balaban J connectivity index is 2.30. The van der Waals surface area contributed by atoms with Gasteiger partial charge in [-0.2, -0.15) is 0 Å². The Morgan fingerprint density at radius 1 is 1.19 bits per heavy atom. The van der Waals surface area contributed by atoms with Crippen LogP contribution in [0.15, 0.2) is 36.4 Å². The van der Waals surface area contributed by atoms with Crippen molar-refractivity contribution in [3.8, 4) is 0 Å². The summed E-state index contributed by atoms with van der Waals surface area (Å²) in [5.41, 5.74) is 2.17. The molecule has 0 heterocycles. The number of nitrogens with zero attached hydrogens (tertiary/aromatic N) is 1. The Hall–Kier alpha value is -2.07. The number of hydrogen-bond donors (Lipinski definition) is 1.